The van der Waals surface area contributed by atoms with Gasteiger partial charge in [-0.3, -0.25) is 14.9 Å². The van der Waals surface area contributed by atoms with E-state index in [1.807, 2.05) is 33.8 Å². The molecule has 0 heterocycles. The molecule has 6 nitrogen and oxygen atoms in total. The number of rotatable bonds is 6. The standard InChI is InChI=1S/C15H25N2O4P.2C2H6/c1-11-8-6-7-9-13(11)17(20)15(19)12(2)16(3)10-14(18)22(4,5)21;2*1-2/h6-9,12,14,18,20H,10H2,1-5H3;2*1-2H3. The first kappa shape index (κ1) is 27.0. The zero-order chi connectivity index (χ0) is 21.1. The SMILES string of the molecule is CC.CC.Cc1ccccc1N(O)C(=O)C(C)N(C)CC(O)P(C)(C)=O. The summed E-state index contributed by atoms with van der Waals surface area (Å²) in [7, 11) is -0.998. The molecule has 0 radical (unpaired) electrons. The van der Waals surface area contributed by atoms with Crippen molar-refractivity contribution in [2.45, 2.75) is 53.4 Å². The Kier molecular flexibility index (Phi) is 13.6. The van der Waals surface area contributed by atoms with Crippen molar-refractivity contribution in [1.29, 1.82) is 0 Å². The van der Waals surface area contributed by atoms with Crippen molar-refractivity contribution < 1.29 is 19.7 Å². The number of nitrogens with zero attached hydrogens (tertiary/aromatic N) is 2. The van der Waals surface area contributed by atoms with Gasteiger partial charge in [-0.15, -0.1) is 0 Å². The van der Waals surface area contributed by atoms with E-state index in [1.165, 1.54) is 13.3 Å². The van der Waals surface area contributed by atoms with E-state index >= 15 is 0 Å². The predicted octanol–water partition coefficient (Wildman–Crippen LogP) is 4.03. The van der Waals surface area contributed by atoms with E-state index in [1.54, 1.807) is 44.0 Å². The number of aryl methyl sites for hydroxylation is 1. The average Bonchev–Trinajstić information content (AvgIpc) is 2.62. The Morgan fingerprint density at radius 1 is 1.15 bits per heavy atom. The molecule has 0 saturated carbocycles. The Bertz CT molecular complexity index is 574. The van der Waals surface area contributed by atoms with E-state index in [0.29, 0.717) is 10.8 Å². The van der Waals surface area contributed by atoms with Gasteiger partial charge in [-0.25, -0.2) is 0 Å². The van der Waals surface area contributed by atoms with E-state index < -0.39 is 24.9 Å². The van der Waals surface area contributed by atoms with E-state index in [2.05, 4.69) is 0 Å². The Balaban J connectivity index is 0. The molecule has 7 heteroatoms. The number of carbonyl (C=O) groups excluding carboxylic acids is 1. The van der Waals surface area contributed by atoms with Crippen LogP contribution in [0.2, 0.25) is 0 Å². The van der Waals surface area contributed by atoms with Crippen LogP contribution in [-0.2, 0) is 9.36 Å². The van der Waals surface area contributed by atoms with Crippen LogP contribution in [0.1, 0.15) is 40.2 Å². The molecule has 0 spiro atoms. The van der Waals surface area contributed by atoms with Crippen LogP contribution in [0.3, 0.4) is 0 Å². The number of anilines is 1. The molecule has 1 amide bonds. The number of amides is 1. The fourth-order valence-electron chi connectivity index (χ4n) is 1.90. The number of aliphatic hydroxyl groups is 1. The molecule has 152 valence electrons. The second-order valence-electron chi connectivity index (χ2n) is 5.97. The molecule has 0 bridgehead atoms. The molecular formula is C19H37N2O4P. The fourth-order valence-corrected chi connectivity index (χ4v) is 2.55. The summed E-state index contributed by atoms with van der Waals surface area (Å²) in [5, 5.41) is 20.6. The summed E-state index contributed by atoms with van der Waals surface area (Å²) in [6.45, 7) is 14.5. The molecule has 0 aromatic heterocycles. The first-order valence-electron chi connectivity index (χ1n) is 9.07. The van der Waals surface area contributed by atoms with Gasteiger partial charge in [0.2, 0.25) is 0 Å². The predicted molar refractivity (Wildman–Crippen MR) is 111 cm³/mol. The average molecular weight is 388 g/mol. The lowest BCUT2D eigenvalue weighted by Gasteiger charge is -2.29. The van der Waals surface area contributed by atoms with Gasteiger partial charge in [0.1, 0.15) is 13.0 Å². The van der Waals surface area contributed by atoms with Gasteiger partial charge >= 0.3 is 0 Å². The summed E-state index contributed by atoms with van der Waals surface area (Å²) in [4.78, 5) is 13.9. The lowest BCUT2D eigenvalue weighted by atomic mass is 10.2. The van der Waals surface area contributed by atoms with E-state index in [-0.39, 0.29) is 6.54 Å². The van der Waals surface area contributed by atoms with E-state index in [9.17, 15) is 19.7 Å². The lowest BCUT2D eigenvalue weighted by molar-refractivity contribution is -0.128. The monoisotopic (exact) mass is 388 g/mol. The topological polar surface area (TPSA) is 81.1 Å². The van der Waals surface area contributed by atoms with E-state index in [4.69, 9.17) is 0 Å². The van der Waals surface area contributed by atoms with Crippen LogP contribution >= 0.6 is 7.14 Å². The Morgan fingerprint density at radius 2 is 1.62 bits per heavy atom. The van der Waals surface area contributed by atoms with E-state index in [0.717, 1.165) is 5.56 Å². The molecule has 0 aliphatic rings. The number of hydrogen-bond acceptors (Lipinski definition) is 5. The smallest absolute Gasteiger partial charge is 0.267 e. The number of benzene rings is 1. The fraction of sp³-hybridized carbons (Fsp3) is 0.632. The number of para-hydroxylation sites is 1. The van der Waals surface area contributed by atoms with Gasteiger partial charge in [-0.1, -0.05) is 45.9 Å². The minimum absolute atomic E-state index is 0.0960. The van der Waals surface area contributed by atoms with Gasteiger partial charge in [0, 0.05) is 6.54 Å². The number of carbonyl (C=O) groups is 1. The summed E-state index contributed by atoms with van der Waals surface area (Å²) in [6.07, 6.45) is 0. The molecule has 2 atom stereocenters. The van der Waals surface area contributed by atoms with Crippen LogP contribution in [-0.4, -0.2) is 59.9 Å². The second kappa shape index (κ2) is 13.0. The number of aliphatic hydroxyl groups excluding tert-OH is 1. The van der Waals surface area contributed by atoms with Gasteiger partial charge in [-0.05, 0) is 45.9 Å². The van der Waals surface area contributed by atoms with Crippen molar-refractivity contribution in [3.05, 3.63) is 29.8 Å². The quantitative estimate of drug-likeness (QED) is 0.437. The molecule has 1 aromatic carbocycles. The zero-order valence-electron chi connectivity index (χ0n) is 17.7. The maximum absolute atomic E-state index is 12.4. The van der Waals surface area contributed by atoms with Crippen molar-refractivity contribution in [2.24, 2.45) is 0 Å². The number of likely N-dealkylation sites (N-methyl/N-ethyl adjacent to an activating group) is 1. The summed E-state index contributed by atoms with van der Waals surface area (Å²) < 4.78 is 11.8. The van der Waals surface area contributed by atoms with Gasteiger partial charge in [0.25, 0.3) is 5.91 Å². The van der Waals surface area contributed by atoms with Crippen molar-refractivity contribution >= 4 is 18.7 Å². The van der Waals surface area contributed by atoms with Crippen molar-refractivity contribution in [1.82, 2.24) is 4.90 Å². The van der Waals surface area contributed by atoms with Crippen molar-refractivity contribution in [3.8, 4) is 0 Å². The highest BCUT2D eigenvalue weighted by atomic mass is 31.2. The van der Waals surface area contributed by atoms with Crippen LogP contribution < -0.4 is 5.06 Å². The third-order valence-electron chi connectivity index (χ3n) is 3.74. The Hall–Kier alpha value is -1.20. The molecule has 0 aliphatic carbocycles. The van der Waals surface area contributed by atoms with Gasteiger partial charge < -0.3 is 9.67 Å². The lowest BCUT2D eigenvalue weighted by Crippen LogP contribution is -2.46. The molecule has 1 aromatic rings. The molecule has 0 aliphatic heterocycles. The first-order valence-corrected chi connectivity index (χ1v) is 11.7. The van der Waals surface area contributed by atoms with Gasteiger partial charge in [0.05, 0.1) is 11.7 Å². The van der Waals surface area contributed by atoms with Crippen LogP contribution in [0.4, 0.5) is 5.69 Å². The second-order valence-corrected chi connectivity index (χ2v) is 9.43. The minimum atomic E-state index is -2.64. The van der Waals surface area contributed by atoms with Crippen LogP contribution in [0.15, 0.2) is 24.3 Å². The third-order valence-corrected chi connectivity index (χ3v) is 5.34. The van der Waals surface area contributed by atoms with Gasteiger partial charge in [-0.2, -0.15) is 5.06 Å². The molecule has 1 rings (SSSR count). The first-order chi connectivity index (χ1) is 12.1. The Morgan fingerprint density at radius 3 is 2.04 bits per heavy atom. The summed E-state index contributed by atoms with van der Waals surface area (Å²) in [6, 6.07) is 6.35. The molecular weight excluding hydrogens is 351 g/mol. The zero-order valence-corrected chi connectivity index (χ0v) is 18.6. The molecule has 2 unspecified atom stereocenters. The highest BCUT2D eigenvalue weighted by Crippen LogP contribution is 2.41. The maximum atomic E-state index is 12.4. The summed E-state index contributed by atoms with van der Waals surface area (Å²) in [5.74, 6) is -1.51. The molecule has 26 heavy (non-hydrogen) atoms. The maximum Gasteiger partial charge on any atom is 0.267 e. The third kappa shape index (κ3) is 8.45. The van der Waals surface area contributed by atoms with Crippen molar-refractivity contribution in [3.63, 3.8) is 0 Å². The van der Waals surface area contributed by atoms with Crippen molar-refractivity contribution in [2.75, 3.05) is 32.0 Å². The van der Waals surface area contributed by atoms with Crippen LogP contribution in [0.5, 0.6) is 0 Å². The number of hydrogen-bond donors (Lipinski definition) is 2. The summed E-state index contributed by atoms with van der Waals surface area (Å²) in [5.41, 5.74) is 1.20. The normalized spacial score (nSPS) is 12.9. The minimum Gasteiger partial charge on any atom is -0.384 e. The summed E-state index contributed by atoms with van der Waals surface area (Å²) >= 11 is 0. The molecule has 0 saturated heterocycles. The molecule has 0 fully saturated rings. The molecule has 2 N–H and O–H groups in total. The highest BCUT2D eigenvalue weighted by Gasteiger charge is 2.29. The highest BCUT2D eigenvalue weighted by molar-refractivity contribution is 7.62. The van der Waals surface area contributed by atoms with Crippen LogP contribution in [0.25, 0.3) is 0 Å². The van der Waals surface area contributed by atoms with Gasteiger partial charge in [0.15, 0.2) is 0 Å². The van der Waals surface area contributed by atoms with Crippen LogP contribution in [0, 0.1) is 6.92 Å². The largest absolute Gasteiger partial charge is 0.384 e. The Labute approximate surface area is 159 Å². The number of hydroxylamine groups is 1.